The lowest BCUT2D eigenvalue weighted by Crippen LogP contribution is -2.45. The molecule has 2 aromatic carbocycles. The first-order chi connectivity index (χ1) is 11.6. The van der Waals surface area contributed by atoms with Crippen molar-refractivity contribution >= 4 is 36.4 Å². The smallest absolute Gasteiger partial charge is 0.255 e. The predicted molar refractivity (Wildman–Crippen MR) is 112 cm³/mol. The van der Waals surface area contributed by atoms with Crippen LogP contribution in [0.3, 0.4) is 0 Å². The van der Waals surface area contributed by atoms with Crippen molar-refractivity contribution in [1.29, 1.82) is 0 Å². The molecule has 1 saturated heterocycles. The third kappa shape index (κ3) is 5.37. The Morgan fingerprint density at radius 1 is 1.04 bits per heavy atom. The van der Waals surface area contributed by atoms with Gasteiger partial charge in [-0.2, -0.15) is 0 Å². The maximum atomic E-state index is 12.7. The van der Waals surface area contributed by atoms with Crippen LogP contribution in [0.2, 0.25) is 0 Å². The van der Waals surface area contributed by atoms with Gasteiger partial charge >= 0.3 is 0 Å². The van der Waals surface area contributed by atoms with E-state index in [1.165, 1.54) is 5.56 Å². The normalized spacial score (nSPS) is 14.8. The number of hydrogen-bond donors (Lipinski definition) is 1. The van der Waals surface area contributed by atoms with Gasteiger partial charge in [0.05, 0.1) is 5.56 Å². The number of rotatable bonds is 4. The summed E-state index contributed by atoms with van der Waals surface area (Å²) in [5, 5.41) is 0. The van der Waals surface area contributed by atoms with Crippen molar-refractivity contribution in [3.05, 3.63) is 65.7 Å². The second-order valence-corrected chi connectivity index (χ2v) is 6.50. The first kappa shape index (κ1) is 22.3. The van der Waals surface area contributed by atoms with E-state index < -0.39 is 0 Å². The molecule has 0 unspecified atom stereocenters. The minimum absolute atomic E-state index is 0. The second-order valence-electron chi connectivity index (χ2n) is 6.50. The monoisotopic (exact) mass is 395 g/mol. The van der Waals surface area contributed by atoms with Crippen LogP contribution in [-0.4, -0.2) is 41.9 Å². The summed E-state index contributed by atoms with van der Waals surface area (Å²) in [6.45, 7) is 3.01. The van der Waals surface area contributed by atoms with Gasteiger partial charge in [-0.3, -0.25) is 9.69 Å². The van der Waals surface area contributed by atoms with E-state index in [2.05, 4.69) is 29.2 Å². The molecule has 2 aromatic rings. The topological polar surface area (TPSA) is 49.6 Å². The summed E-state index contributed by atoms with van der Waals surface area (Å²) in [5.74, 6) is 0.0228. The van der Waals surface area contributed by atoms with Gasteiger partial charge in [0.2, 0.25) is 0 Å². The van der Waals surface area contributed by atoms with Crippen LogP contribution in [-0.2, 0) is 6.54 Å². The highest BCUT2D eigenvalue weighted by Gasteiger charge is 2.26. The molecule has 0 aromatic heterocycles. The maximum Gasteiger partial charge on any atom is 0.255 e. The molecule has 4 nitrogen and oxygen atoms in total. The number of carbonyl (C=O) groups excluding carboxylic acids is 1. The molecular weight excluding hydrogens is 369 g/mol. The van der Waals surface area contributed by atoms with Crippen molar-refractivity contribution < 1.29 is 4.79 Å². The van der Waals surface area contributed by atoms with E-state index in [9.17, 15) is 4.79 Å². The van der Waals surface area contributed by atoms with Gasteiger partial charge in [0.15, 0.2) is 0 Å². The molecule has 3 rings (SSSR count). The fourth-order valence-electron chi connectivity index (χ4n) is 3.35. The van der Waals surface area contributed by atoms with E-state index in [0.29, 0.717) is 11.3 Å². The number of anilines is 1. The first-order valence-corrected chi connectivity index (χ1v) is 8.53. The standard InChI is InChI=1S/C20H25N3O.2ClH/c1-22(20(24)18-9-5-6-10-19(18)21)17-11-13-23(14-12-17)15-16-7-3-2-4-8-16;;/h2-10,17H,11-15,21H2,1H3;2*1H. The lowest BCUT2D eigenvalue weighted by atomic mass is 10.0. The Morgan fingerprint density at radius 2 is 1.62 bits per heavy atom. The Balaban J connectivity index is 0.00000169. The van der Waals surface area contributed by atoms with Gasteiger partial charge in [-0.25, -0.2) is 0 Å². The SMILES string of the molecule is CN(C(=O)c1ccccc1N)C1CCN(Cc2ccccc2)CC1.Cl.Cl. The number of amides is 1. The van der Waals surface area contributed by atoms with Gasteiger partial charge in [0.25, 0.3) is 5.91 Å². The van der Waals surface area contributed by atoms with Crippen molar-refractivity contribution in [2.24, 2.45) is 0 Å². The van der Waals surface area contributed by atoms with Crippen LogP contribution < -0.4 is 5.73 Å². The Kier molecular flexibility index (Phi) is 8.93. The quantitative estimate of drug-likeness (QED) is 0.799. The molecule has 142 valence electrons. The summed E-state index contributed by atoms with van der Waals surface area (Å²) in [7, 11) is 1.90. The predicted octanol–water partition coefficient (Wildman–Crippen LogP) is 3.85. The van der Waals surface area contributed by atoms with Crippen LogP contribution in [0.5, 0.6) is 0 Å². The number of piperidine rings is 1. The van der Waals surface area contributed by atoms with Crippen LogP contribution in [0.15, 0.2) is 54.6 Å². The molecule has 1 aliphatic rings. The average molecular weight is 396 g/mol. The highest BCUT2D eigenvalue weighted by molar-refractivity contribution is 5.99. The molecule has 0 saturated carbocycles. The zero-order valence-corrected chi connectivity index (χ0v) is 16.6. The number of halogens is 2. The van der Waals surface area contributed by atoms with E-state index in [-0.39, 0.29) is 36.8 Å². The zero-order valence-electron chi connectivity index (χ0n) is 15.0. The number of nitrogens with zero attached hydrogens (tertiary/aromatic N) is 2. The summed E-state index contributed by atoms with van der Waals surface area (Å²) in [6.07, 6.45) is 2.00. The highest BCUT2D eigenvalue weighted by Crippen LogP contribution is 2.21. The molecule has 1 amide bonds. The summed E-state index contributed by atoms with van der Waals surface area (Å²) in [4.78, 5) is 17.0. The number of likely N-dealkylation sites (tertiary alicyclic amines) is 1. The first-order valence-electron chi connectivity index (χ1n) is 8.53. The molecule has 6 heteroatoms. The summed E-state index contributed by atoms with van der Waals surface area (Å²) >= 11 is 0. The van der Waals surface area contributed by atoms with Crippen LogP contribution >= 0.6 is 24.8 Å². The Hall–Kier alpha value is -1.75. The maximum absolute atomic E-state index is 12.7. The minimum atomic E-state index is 0. The third-order valence-electron chi connectivity index (χ3n) is 4.87. The van der Waals surface area contributed by atoms with Gasteiger partial charge in [0.1, 0.15) is 0 Å². The van der Waals surface area contributed by atoms with Crippen molar-refractivity contribution in [1.82, 2.24) is 9.80 Å². The minimum Gasteiger partial charge on any atom is -0.398 e. The van der Waals surface area contributed by atoms with E-state index in [1.807, 2.05) is 30.1 Å². The van der Waals surface area contributed by atoms with E-state index in [4.69, 9.17) is 5.73 Å². The Labute approximate surface area is 168 Å². The summed E-state index contributed by atoms with van der Waals surface area (Å²) < 4.78 is 0. The van der Waals surface area contributed by atoms with Gasteiger partial charge in [-0.15, -0.1) is 24.8 Å². The van der Waals surface area contributed by atoms with Crippen molar-refractivity contribution in [2.75, 3.05) is 25.9 Å². The van der Waals surface area contributed by atoms with Gasteiger partial charge in [-0.1, -0.05) is 42.5 Å². The molecule has 0 spiro atoms. The molecule has 0 radical (unpaired) electrons. The number of benzene rings is 2. The number of hydrogen-bond acceptors (Lipinski definition) is 3. The third-order valence-corrected chi connectivity index (χ3v) is 4.87. The Bertz CT molecular complexity index is 688. The second kappa shape index (κ2) is 10.4. The van der Waals surface area contributed by atoms with Crippen LogP contribution in [0.25, 0.3) is 0 Å². The molecule has 26 heavy (non-hydrogen) atoms. The molecular formula is C20H27Cl2N3O. The zero-order chi connectivity index (χ0) is 16.9. The van der Waals surface area contributed by atoms with Crippen molar-refractivity contribution in [2.45, 2.75) is 25.4 Å². The van der Waals surface area contributed by atoms with Gasteiger partial charge < -0.3 is 10.6 Å². The van der Waals surface area contributed by atoms with Crippen LogP contribution in [0, 0.1) is 0 Å². The number of carbonyl (C=O) groups is 1. The van der Waals surface area contributed by atoms with Crippen LogP contribution in [0.4, 0.5) is 5.69 Å². The lowest BCUT2D eigenvalue weighted by molar-refractivity contribution is 0.0637. The lowest BCUT2D eigenvalue weighted by Gasteiger charge is -2.37. The van der Waals surface area contributed by atoms with Crippen LogP contribution in [0.1, 0.15) is 28.8 Å². The molecule has 1 fully saturated rings. The van der Waals surface area contributed by atoms with E-state index in [0.717, 1.165) is 32.5 Å². The Morgan fingerprint density at radius 3 is 2.23 bits per heavy atom. The van der Waals surface area contributed by atoms with E-state index in [1.54, 1.807) is 12.1 Å². The number of para-hydroxylation sites is 1. The number of nitrogens with two attached hydrogens (primary N) is 1. The fraction of sp³-hybridized carbons (Fsp3) is 0.350. The van der Waals surface area contributed by atoms with E-state index >= 15 is 0 Å². The van der Waals surface area contributed by atoms with Gasteiger partial charge in [-0.05, 0) is 30.5 Å². The highest BCUT2D eigenvalue weighted by atomic mass is 35.5. The number of nitrogen functional groups attached to an aromatic ring is 1. The summed E-state index contributed by atoms with van der Waals surface area (Å²) in [5.41, 5.74) is 8.44. The van der Waals surface area contributed by atoms with Crippen molar-refractivity contribution in [3.63, 3.8) is 0 Å². The molecule has 1 aliphatic heterocycles. The largest absolute Gasteiger partial charge is 0.398 e. The molecule has 0 aliphatic carbocycles. The summed E-state index contributed by atoms with van der Waals surface area (Å²) in [6, 6.07) is 18.1. The molecule has 0 atom stereocenters. The van der Waals surface area contributed by atoms with Crippen molar-refractivity contribution in [3.8, 4) is 0 Å². The fourth-order valence-corrected chi connectivity index (χ4v) is 3.35. The average Bonchev–Trinajstić information content (AvgIpc) is 2.62. The van der Waals surface area contributed by atoms with Gasteiger partial charge in [0, 0.05) is 38.4 Å². The molecule has 1 heterocycles. The molecule has 0 bridgehead atoms. The molecule has 2 N–H and O–H groups in total.